The largest absolute Gasteiger partial charge is 0.394 e. The van der Waals surface area contributed by atoms with Gasteiger partial charge in [-0.1, -0.05) is 270 Å². The fraction of sp³-hybridized carbons (Fsp3) is 0.944. The summed E-state index contributed by atoms with van der Waals surface area (Å²) in [6.45, 7) is 4.08. The van der Waals surface area contributed by atoms with Gasteiger partial charge in [-0.15, -0.1) is 0 Å². The third-order valence-electron chi connectivity index (χ3n) is 13.0. The lowest BCUT2D eigenvalue weighted by Crippen LogP contribution is -2.53. The predicted octanol–water partition coefficient (Wildman–Crippen LogP) is 15.3. The molecule has 0 rings (SSSR count). The van der Waals surface area contributed by atoms with E-state index in [2.05, 4.69) is 31.3 Å². The average Bonchev–Trinajstić information content (AvgIpc) is 3.25. The van der Waals surface area contributed by atoms with Crippen molar-refractivity contribution in [1.29, 1.82) is 0 Å². The minimum absolute atomic E-state index is 0.369. The summed E-state index contributed by atoms with van der Waals surface area (Å²) in [6.07, 6.45) is 57.0. The lowest BCUT2D eigenvalue weighted by atomic mass is 10.00. The van der Waals surface area contributed by atoms with Gasteiger partial charge in [-0.3, -0.25) is 4.79 Å². The minimum Gasteiger partial charge on any atom is -0.394 e. The number of amides is 1. The molecule has 1 amide bonds. The summed E-state index contributed by atoms with van der Waals surface area (Å²) in [5.74, 6) is -0.587. The zero-order chi connectivity index (χ0) is 43.8. The molecule has 0 aliphatic carbocycles. The molecule has 5 N–H and O–H groups in total. The van der Waals surface area contributed by atoms with Crippen LogP contribution in [-0.2, 0) is 4.79 Å². The molecule has 0 bridgehead atoms. The molecule has 0 spiro atoms. The lowest BCUT2D eigenvalue weighted by Gasteiger charge is -2.27. The predicted molar refractivity (Wildman–Crippen MR) is 261 cm³/mol. The summed E-state index contributed by atoms with van der Waals surface area (Å²) in [5.41, 5.74) is 0. The number of aliphatic hydroxyl groups excluding tert-OH is 4. The molecule has 0 radical (unpaired) electrons. The number of hydrogen-bond donors (Lipinski definition) is 5. The molecule has 0 aromatic heterocycles. The third-order valence-corrected chi connectivity index (χ3v) is 13.0. The number of hydrogen-bond acceptors (Lipinski definition) is 5. The summed E-state index contributed by atoms with van der Waals surface area (Å²) in [4.78, 5) is 12.6. The SMILES string of the molecule is CCCCCCCCCCCCCCCCCC/C=C/CCCC(O)C(O)C(CO)NC(=O)C(O)CCCCCCCCCCCCCCCCCCCCCCCCC. The Labute approximate surface area is 374 Å². The maximum Gasteiger partial charge on any atom is 0.249 e. The van der Waals surface area contributed by atoms with Gasteiger partial charge >= 0.3 is 0 Å². The summed E-state index contributed by atoms with van der Waals surface area (Å²) >= 11 is 0. The summed E-state index contributed by atoms with van der Waals surface area (Å²) in [5, 5.41) is 43.9. The van der Waals surface area contributed by atoms with Crippen molar-refractivity contribution < 1.29 is 25.2 Å². The van der Waals surface area contributed by atoms with E-state index < -0.39 is 36.9 Å². The molecule has 0 aliphatic heterocycles. The molecule has 60 heavy (non-hydrogen) atoms. The van der Waals surface area contributed by atoms with Crippen molar-refractivity contribution in [2.24, 2.45) is 0 Å². The lowest BCUT2D eigenvalue weighted by molar-refractivity contribution is -0.132. The van der Waals surface area contributed by atoms with Crippen LogP contribution in [0.3, 0.4) is 0 Å². The molecule has 0 aromatic carbocycles. The number of carbonyl (C=O) groups excluding carboxylic acids is 1. The van der Waals surface area contributed by atoms with Crippen molar-refractivity contribution >= 4 is 5.91 Å². The van der Waals surface area contributed by atoms with Gasteiger partial charge < -0.3 is 25.7 Å². The molecule has 0 fully saturated rings. The van der Waals surface area contributed by atoms with E-state index in [4.69, 9.17) is 0 Å². The van der Waals surface area contributed by atoms with Crippen molar-refractivity contribution in [1.82, 2.24) is 5.32 Å². The molecule has 0 heterocycles. The maximum atomic E-state index is 12.6. The zero-order valence-electron chi connectivity index (χ0n) is 40.5. The Hall–Kier alpha value is -0.950. The van der Waals surface area contributed by atoms with E-state index in [0.29, 0.717) is 12.8 Å². The highest BCUT2D eigenvalue weighted by molar-refractivity contribution is 5.80. The second-order valence-electron chi connectivity index (χ2n) is 18.9. The highest BCUT2D eigenvalue weighted by atomic mass is 16.3. The average molecular weight is 850 g/mol. The maximum absolute atomic E-state index is 12.6. The first-order valence-corrected chi connectivity index (χ1v) is 27.1. The number of rotatable bonds is 50. The van der Waals surface area contributed by atoms with Gasteiger partial charge in [0.05, 0.1) is 18.8 Å². The van der Waals surface area contributed by atoms with Gasteiger partial charge in [-0.25, -0.2) is 0 Å². The van der Waals surface area contributed by atoms with Crippen molar-refractivity contribution in [3.63, 3.8) is 0 Å². The van der Waals surface area contributed by atoms with Crippen LogP contribution >= 0.6 is 0 Å². The number of aliphatic hydroxyl groups is 4. The van der Waals surface area contributed by atoms with Gasteiger partial charge in [0.2, 0.25) is 5.91 Å². The topological polar surface area (TPSA) is 110 Å². The van der Waals surface area contributed by atoms with Crippen molar-refractivity contribution in [3.05, 3.63) is 12.2 Å². The monoisotopic (exact) mass is 850 g/mol. The first kappa shape index (κ1) is 59.0. The van der Waals surface area contributed by atoms with Crippen molar-refractivity contribution in [2.75, 3.05) is 6.61 Å². The molecule has 6 nitrogen and oxygen atoms in total. The van der Waals surface area contributed by atoms with Crippen LogP contribution < -0.4 is 5.32 Å². The Kier molecular flexibility index (Phi) is 48.3. The van der Waals surface area contributed by atoms with Gasteiger partial charge in [-0.2, -0.15) is 0 Å². The summed E-state index contributed by atoms with van der Waals surface area (Å²) < 4.78 is 0. The zero-order valence-corrected chi connectivity index (χ0v) is 40.5. The molecule has 358 valence electrons. The van der Waals surface area contributed by atoms with Crippen LogP contribution in [0.15, 0.2) is 12.2 Å². The molecule has 6 heteroatoms. The molecule has 0 aromatic rings. The van der Waals surface area contributed by atoms with E-state index in [-0.39, 0.29) is 0 Å². The van der Waals surface area contributed by atoms with E-state index >= 15 is 0 Å². The van der Waals surface area contributed by atoms with E-state index in [1.165, 1.54) is 231 Å². The molecular formula is C54H107NO5. The quantitative estimate of drug-likeness (QED) is 0.0309. The number of unbranched alkanes of at least 4 members (excludes halogenated alkanes) is 39. The highest BCUT2D eigenvalue weighted by Gasteiger charge is 2.28. The molecule has 4 unspecified atom stereocenters. The van der Waals surface area contributed by atoms with E-state index in [0.717, 1.165) is 38.5 Å². The van der Waals surface area contributed by atoms with Crippen LogP contribution in [0.1, 0.15) is 296 Å². The van der Waals surface area contributed by atoms with Crippen LogP contribution in [0.5, 0.6) is 0 Å². The van der Waals surface area contributed by atoms with Crippen LogP contribution in [0.25, 0.3) is 0 Å². The number of allylic oxidation sites excluding steroid dienone is 2. The summed E-state index contributed by atoms with van der Waals surface area (Å²) in [6, 6.07) is -0.998. The number of nitrogens with one attached hydrogen (secondary N) is 1. The van der Waals surface area contributed by atoms with Crippen molar-refractivity contribution in [2.45, 2.75) is 321 Å². The first-order chi connectivity index (χ1) is 29.5. The fourth-order valence-corrected chi connectivity index (χ4v) is 8.70. The van der Waals surface area contributed by atoms with E-state index in [1.54, 1.807) is 0 Å². The Morgan fingerprint density at radius 2 is 0.683 bits per heavy atom. The van der Waals surface area contributed by atoms with Crippen LogP contribution in [0.4, 0.5) is 0 Å². The van der Waals surface area contributed by atoms with Gasteiger partial charge in [0.1, 0.15) is 12.2 Å². The summed E-state index contributed by atoms with van der Waals surface area (Å²) in [7, 11) is 0. The number of carbonyl (C=O) groups is 1. The van der Waals surface area contributed by atoms with Crippen LogP contribution in [-0.4, -0.2) is 57.3 Å². The van der Waals surface area contributed by atoms with Gasteiger partial charge in [0.25, 0.3) is 0 Å². The van der Waals surface area contributed by atoms with E-state index in [1.807, 2.05) is 0 Å². The standard InChI is InChI=1S/C54H107NO5/c1-3-5-7-9-11-13-15-17-19-21-23-25-26-28-30-32-34-36-38-40-42-44-46-48-52(58)54(60)55-50(49-56)53(59)51(57)47-45-43-41-39-37-35-33-31-29-27-24-22-20-18-16-14-12-10-8-6-4-2/h39,41,50-53,56-59H,3-38,40,42-49H2,1-2H3,(H,55,60)/b41-39+. The second kappa shape index (κ2) is 49.1. The Morgan fingerprint density at radius 3 is 1.00 bits per heavy atom. The Bertz CT molecular complexity index is 867. The van der Waals surface area contributed by atoms with Crippen LogP contribution in [0, 0.1) is 0 Å². The fourth-order valence-electron chi connectivity index (χ4n) is 8.70. The molecule has 0 aliphatic rings. The van der Waals surface area contributed by atoms with E-state index in [9.17, 15) is 25.2 Å². The third kappa shape index (κ3) is 42.4. The Morgan fingerprint density at radius 1 is 0.400 bits per heavy atom. The minimum atomic E-state index is -1.28. The van der Waals surface area contributed by atoms with Crippen LogP contribution in [0.2, 0.25) is 0 Å². The molecular weight excluding hydrogens is 743 g/mol. The van der Waals surface area contributed by atoms with Gasteiger partial charge in [0.15, 0.2) is 0 Å². The second-order valence-corrected chi connectivity index (χ2v) is 18.9. The normalized spacial score (nSPS) is 13.9. The Balaban J connectivity index is 3.65. The first-order valence-electron chi connectivity index (χ1n) is 27.1. The van der Waals surface area contributed by atoms with Gasteiger partial charge in [0, 0.05) is 0 Å². The van der Waals surface area contributed by atoms with Crippen molar-refractivity contribution in [3.8, 4) is 0 Å². The smallest absolute Gasteiger partial charge is 0.249 e. The molecule has 0 saturated heterocycles. The van der Waals surface area contributed by atoms with Gasteiger partial charge in [-0.05, 0) is 38.5 Å². The molecule has 0 saturated carbocycles. The highest BCUT2D eigenvalue weighted by Crippen LogP contribution is 2.18. The molecule has 4 atom stereocenters.